The number of hydrogen-bond acceptors (Lipinski definition) is 4. The Bertz CT molecular complexity index is 150. The highest BCUT2D eigenvalue weighted by atomic mass is 16.7. The Balaban J connectivity index is 3.87. The van der Waals surface area contributed by atoms with E-state index in [1.54, 1.807) is 0 Å². The van der Waals surface area contributed by atoms with Gasteiger partial charge in [0.25, 0.3) is 0 Å². The molecule has 0 unspecified atom stereocenters. The Morgan fingerprint density at radius 3 is 2.12 bits per heavy atom. The molecule has 0 heterocycles. The summed E-state index contributed by atoms with van der Waals surface area (Å²) in [6.45, 7) is 10.4. The van der Waals surface area contributed by atoms with Gasteiger partial charge in [-0.1, -0.05) is 13.3 Å². The number of unbranched alkanes of at least 4 members (excludes halogenated alkanes) is 1. The molecule has 0 aliphatic heterocycles. The number of rotatable bonds is 12. The first-order chi connectivity index (χ1) is 8.28. The average Bonchev–Trinajstić information content (AvgIpc) is 2.33. The van der Waals surface area contributed by atoms with E-state index in [1.807, 2.05) is 13.8 Å². The molecule has 0 aliphatic rings. The second kappa shape index (κ2) is 12.3. The van der Waals surface area contributed by atoms with Gasteiger partial charge < -0.3 is 19.5 Å². The molecular weight excluding hydrogens is 218 g/mol. The number of hydrogen-bond donors (Lipinski definition) is 1. The Labute approximate surface area is 106 Å². The summed E-state index contributed by atoms with van der Waals surface area (Å²) in [4.78, 5) is 2.27. The molecule has 0 atom stereocenters. The second-order valence-corrected chi connectivity index (χ2v) is 4.05. The smallest absolute Gasteiger partial charge is 0.158 e. The molecule has 0 spiro atoms. The minimum Gasteiger partial charge on any atom is -0.395 e. The van der Waals surface area contributed by atoms with E-state index in [2.05, 4.69) is 11.8 Å². The van der Waals surface area contributed by atoms with Crippen molar-refractivity contribution in [2.75, 3.05) is 39.5 Å². The SMILES string of the molecule is CCCCN(CCO)CCC(OCC)OCC. The highest BCUT2D eigenvalue weighted by molar-refractivity contribution is 4.59. The number of nitrogens with zero attached hydrogens (tertiary/aromatic N) is 1. The first kappa shape index (κ1) is 16.8. The molecule has 4 heteroatoms. The molecule has 0 saturated carbocycles. The van der Waals surface area contributed by atoms with Gasteiger partial charge in [-0.2, -0.15) is 0 Å². The zero-order valence-corrected chi connectivity index (χ0v) is 11.7. The first-order valence-corrected chi connectivity index (χ1v) is 6.84. The van der Waals surface area contributed by atoms with Crippen molar-refractivity contribution in [1.29, 1.82) is 0 Å². The van der Waals surface area contributed by atoms with Gasteiger partial charge in [0.2, 0.25) is 0 Å². The minimum absolute atomic E-state index is 0.104. The summed E-state index contributed by atoms with van der Waals surface area (Å²) in [6.07, 6.45) is 3.12. The van der Waals surface area contributed by atoms with Crippen molar-refractivity contribution in [1.82, 2.24) is 4.90 Å². The predicted molar refractivity (Wildman–Crippen MR) is 70.1 cm³/mol. The Kier molecular flexibility index (Phi) is 12.2. The molecular formula is C13H29NO3. The van der Waals surface area contributed by atoms with Crippen LogP contribution in [0.1, 0.15) is 40.0 Å². The molecule has 0 aliphatic carbocycles. The van der Waals surface area contributed by atoms with Gasteiger partial charge in [-0.05, 0) is 26.8 Å². The van der Waals surface area contributed by atoms with Crippen LogP contribution in [0.25, 0.3) is 0 Å². The van der Waals surface area contributed by atoms with Gasteiger partial charge in [0.15, 0.2) is 6.29 Å². The fourth-order valence-corrected chi connectivity index (χ4v) is 1.73. The van der Waals surface area contributed by atoms with Crippen LogP contribution in [0.2, 0.25) is 0 Å². The molecule has 0 bridgehead atoms. The summed E-state index contributed by atoms with van der Waals surface area (Å²) in [7, 11) is 0. The monoisotopic (exact) mass is 247 g/mol. The Hall–Kier alpha value is -0.160. The normalized spacial score (nSPS) is 11.6. The lowest BCUT2D eigenvalue weighted by molar-refractivity contribution is -0.141. The van der Waals surface area contributed by atoms with Gasteiger partial charge in [-0.3, -0.25) is 0 Å². The van der Waals surface area contributed by atoms with Gasteiger partial charge in [0.1, 0.15) is 0 Å². The Morgan fingerprint density at radius 1 is 1.00 bits per heavy atom. The largest absolute Gasteiger partial charge is 0.395 e. The van der Waals surface area contributed by atoms with Crippen molar-refractivity contribution in [3.8, 4) is 0 Å². The van der Waals surface area contributed by atoms with Crippen LogP contribution in [0.5, 0.6) is 0 Å². The molecule has 0 saturated heterocycles. The van der Waals surface area contributed by atoms with E-state index in [0.29, 0.717) is 13.2 Å². The van der Waals surface area contributed by atoms with Gasteiger partial charge in [0, 0.05) is 32.7 Å². The topological polar surface area (TPSA) is 41.9 Å². The highest BCUT2D eigenvalue weighted by Crippen LogP contribution is 2.04. The van der Waals surface area contributed by atoms with Crippen molar-refractivity contribution < 1.29 is 14.6 Å². The lowest BCUT2D eigenvalue weighted by atomic mass is 10.3. The molecule has 0 amide bonds. The number of aliphatic hydroxyl groups is 1. The quantitative estimate of drug-likeness (QED) is 0.535. The van der Waals surface area contributed by atoms with E-state index in [4.69, 9.17) is 14.6 Å². The van der Waals surface area contributed by atoms with Crippen LogP contribution in [-0.2, 0) is 9.47 Å². The van der Waals surface area contributed by atoms with Gasteiger partial charge >= 0.3 is 0 Å². The third-order valence-corrected chi connectivity index (χ3v) is 2.63. The summed E-state index contributed by atoms with van der Waals surface area (Å²) >= 11 is 0. The first-order valence-electron chi connectivity index (χ1n) is 6.84. The molecule has 0 aromatic rings. The maximum atomic E-state index is 9.00. The van der Waals surface area contributed by atoms with Crippen molar-refractivity contribution >= 4 is 0 Å². The summed E-state index contributed by atoms with van der Waals surface area (Å²) in [5, 5.41) is 9.00. The molecule has 1 N–H and O–H groups in total. The van der Waals surface area contributed by atoms with E-state index in [-0.39, 0.29) is 12.9 Å². The molecule has 0 fully saturated rings. The van der Waals surface area contributed by atoms with Crippen LogP contribution in [0.15, 0.2) is 0 Å². The van der Waals surface area contributed by atoms with E-state index >= 15 is 0 Å². The fourth-order valence-electron chi connectivity index (χ4n) is 1.73. The molecule has 4 nitrogen and oxygen atoms in total. The molecule has 0 aromatic carbocycles. The van der Waals surface area contributed by atoms with E-state index in [1.165, 1.54) is 12.8 Å². The van der Waals surface area contributed by atoms with E-state index in [9.17, 15) is 0 Å². The van der Waals surface area contributed by atoms with E-state index < -0.39 is 0 Å². The standard InChI is InChI=1S/C13H29NO3/c1-4-7-9-14(11-12-15)10-8-13(16-5-2)17-6-3/h13,15H,4-12H2,1-3H3. The van der Waals surface area contributed by atoms with Crippen molar-refractivity contribution in [3.05, 3.63) is 0 Å². The van der Waals surface area contributed by atoms with Crippen molar-refractivity contribution in [3.63, 3.8) is 0 Å². The molecule has 0 rings (SSSR count). The van der Waals surface area contributed by atoms with Crippen molar-refractivity contribution in [2.45, 2.75) is 46.3 Å². The Morgan fingerprint density at radius 2 is 1.65 bits per heavy atom. The lowest BCUT2D eigenvalue weighted by Gasteiger charge is -2.24. The average molecular weight is 247 g/mol. The fraction of sp³-hybridized carbons (Fsp3) is 1.00. The maximum Gasteiger partial charge on any atom is 0.158 e. The summed E-state index contributed by atoms with van der Waals surface area (Å²) in [5.41, 5.74) is 0. The summed E-state index contributed by atoms with van der Waals surface area (Å²) in [5.74, 6) is 0. The second-order valence-electron chi connectivity index (χ2n) is 4.05. The van der Waals surface area contributed by atoms with Gasteiger partial charge in [-0.15, -0.1) is 0 Å². The van der Waals surface area contributed by atoms with Crippen molar-refractivity contribution in [2.24, 2.45) is 0 Å². The molecule has 0 aromatic heterocycles. The van der Waals surface area contributed by atoms with Crippen LogP contribution in [-0.4, -0.2) is 55.8 Å². The molecule has 0 radical (unpaired) electrons. The van der Waals surface area contributed by atoms with E-state index in [0.717, 1.165) is 26.1 Å². The van der Waals surface area contributed by atoms with Gasteiger partial charge in [-0.25, -0.2) is 0 Å². The van der Waals surface area contributed by atoms with Crippen LogP contribution < -0.4 is 0 Å². The lowest BCUT2D eigenvalue weighted by Crippen LogP contribution is -2.32. The zero-order valence-electron chi connectivity index (χ0n) is 11.7. The third kappa shape index (κ3) is 9.53. The van der Waals surface area contributed by atoms with Crippen LogP contribution >= 0.6 is 0 Å². The zero-order chi connectivity index (χ0) is 12.9. The highest BCUT2D eigenvalue weighted by Gasteiger charge is 2.11. The summed E-state index contributed by atoms with van der Waals surface area (Å²) < 4.78 is 11.0. The predicted octanol–water partition coefficient (Wildman–Crippen LogP) is 1.87. The molecule has 104 valence electrons. The maximum absolute atomic E-state index is 9.00. The van der Waals surface area contributed by atoms with Gasteiger partial charge in [0.05, 0.1) is 6.61 Å². The van der Waals surface area contributed by atoms with Crippen LogP contribution in [0, 0.1) is 0 Å². The minimum atomic E-state index is -0.104. The number of ether oxygens (including phenoxy) is 2. The third-order valence-electron chi connectivity index (χ3n) is 2.63. The van der Waals surface area contributed by atoms with Crippen LogP contribution in [0.3, 0.4) is 0 Å². The summed E-state index contributed by atoms with van der Waals surface area (Å²) in [6, 6.07) is 0. The molecule has 17 heavy (non-hydrogen) atoms. The number of aliphatic hydroxyl groups excluding tert-OH is 1. The van der Waals surface area contributed by atoms with Crippen LogP contribution in [0.4, 0.5) is 0 Å².